The molecule has 2 aromatic rings. The summed E-state index contributed by atoms with van der Waals surface area (Å²) in [6.07, 6.45) is 0. The third-order valence-corrected chi connectivity index (χ3v) is 4.05. The van der Waals surface area contributed by atoms with Crippen molar-refractivity contribution < 1.29 is 9.18 Å². The lowest BCUT2D eigenvalue weighted by Crippen LogP contribution is -2.31. The molecule has 0 radical (unpaired) electrons. The van der Waals surface area contributed by atoms with Gasteiger partial charge < -0.3 is 10.2 Å². The highest BCUT2D eigenvalue weighted by Crippen LogP contribution is 2.19. The molecule has 0 atom stereocenters. The first-order chi connectivity index (χ1) is 10.0. The zero-order valence-corrected chi connectivity index (χ0v) is 12.5. The summed E-state index contributed by atoms with van der Waals surface area (Å²) in [5.74, 6) is -0.507. The van der Waals surface area contributed by atoms with E-state index in [1.165, 1.54) is 17.0 Å². The van der Waals surface area contributed by atoms with Gasteiger partial charge in [0.25, 0.3) is 0 Å². The minimum absolute atomic E-state index is 0.101. The molecule has 0 aliphatic carbocycles. The molecular formula is C15H14FN3OS. The molecule has 0 spiro atoms. The van der Waals surface area contributed by atoms with E-state index < -0.39 is 5.82 Å². The van der Waals surface area contributed by atoms with E-state index in [1.54, 1.807) is 18.4 Å². The van der Waals surface area contributed by atoms with Crippen LogP contribution in [0.1, 0.15) is 16.0 Å². The normalized spacial score (nSPS) is 10.0. The number of hydrogen-bond acceptors (Lipinski definition) is 3. The van der Waals surface area contributed by atoms with Crippen molar-refractivity contribution in [3.63, 3.8) is 0 Å². The van der Waals surface area contributed by atoms with E-state index in [2.05, 4.69) is 5.32 Å². The van der Waals surface area contributed by atoms with Crippen LogP contribution in [0.2, 0.25) is 0 Å². The van der Waals surface area contributed by atoms with Gasteiger partial charge in [0.15, 0.2) is 0 Å². The number of hydrogen-bond donors (Lipinski definition) is 1. The summed E-state index contributed by atoms with van der Waals surface area (Å²) in [5.41, 5.74) is 1.54. The molecule has 2 rings (SSSR count). The number of nitriles is 1. The molecule has 1 N–H and O–H groups in total. The van der Waals surface area contributed by atoms with Crippen molar-refractivity contribution in [1.29, 1.82) is 5.26 Å². The smallest absolute Gasteiger partial charge is 0.321 e. The van der Waals surface area contributed by atoms with Gasteiger partial charge in [-0.2, -0.15) is 5.26 Å². The van der Waals surface area contributed by atoms with E-state index in [0.29, 0.717) is 12.2 Å². The molecule has 1 aromatic carbocycles. The van der Waals surface area contributed by atoms with E-state index in [-0.39, 0.29) is 11.6 Å². The molecule has 1 heterocycles. The average molecular weight is 303 g/mol. The Morgan fingerprint density at radius 3 is 2.86 bits per heavy atom. The molecule has 0 aliphatic heterocycles. The number of halogens is 1. The van der Waals surface area contributed by atoms with Crippen molar-refractivity contribution in [1.82, 2.24) is 4.90 Å². The van der Waals surface area contributed by atoms with Gasteiger partial charge in [0.05, 0.1) is 17.8 Å². The Morgan fingerprint density at radius 2 is 2.24 bits per heavy atom. The lowest BCUT2D eigenvalue weighted by molar-refractivity contribution is 0.221. The molecule has 1 aromatic heterocycles. The number of anilines is 1. The van der Waals surface area contributed by atoms with Crippen LogP contribution in [0.5, 0.6) is 0 Å². The quantitative estimate of drug-likeness (QED) is 0.939. The van der Waals surface area contributed by atoms with Gasteiger partial charge in [-0.05, 0) is 42.1 Å². The predicted molar refractivity (Wildman–Crippen MR) is 80.7 cm³/mol. The Kier molecular flexibility index (Phi) is 4.55. The fourth-order valence-corrected chi connectivity index (χ4v) is 2.74. The second kappa shape index (κ2) is 6.37. The van der Waals surface area contributed by atoms with Crippen molar-refractivity contribution in [2.24, 2.45) is 0 Å². The van der Waals surface area contributed by atoms with E-state index in [9.17, 15) is 9.18 Å². The Hall–Kier alpha value is -2.39. The highest BCUT2D eigenvalue weighted by atomic mass is 32.1. The predicted octanol–water partition coefficient (Wildman–Crippen LogP) is 3.73. The molecule has 108 valence electrons. The highest BCUT2D eigenvalue weighted by Gasteiger charge is 2.13. The third-order valence-electron chi connectivity index (χ3n) is 3.04. The van der Waals surface area contributed by atoms with Gasteiger partial charge in [0.1, 0.15) is 11.9 Å². The van der Waals surface area contributed by atoms with E-state index in [0.717, 1.165) is 16.5 Å². The Labute approximate surface area is 126 Å². The number of carbonyl (C=O) groups excluding carboxylic acids is 1. The molecule has 4 nitrogen and oxygen atoms in total. The maximum absolute atomic E-state index is 13.1. The second-order valence-electron chi connectivity index (χ2n) is 4.61. The number of aryl methyl sites for hydroxylation is 1. The number of urea groups is 1. The summed E-state index contributed by atoms with van der Waals surface area (Å²) in [4.78, 5) is 14.7. The SMILES string of the molecule is Cc1ccsc1CN(C)C(=O)Nc1ccc(F)cc1C#N. The molecule has 0 unspecified atom stereocenters. The Bertz CT molecular complexity index is 705. The third kappa shape index (κ3) is 3.58. The first-order valence-electron chi connectivity index (χ1n) is 6.26. The van der Waals surface area contributed by atoms with Crippen molar-refractivity contribution in [2.75, 3.05) is 12.4 Å². The summed E-state index contributed by atoms with van der Waals surface area (Å²) in [7, 11) is 1.67. The van der Waals surface area contributed by atoms with Crippen LogP contribution in [0, 0.1) is 24.1 Å². The zero-order chi connectivity index (χ0) is 15.4. The van der Waals surface area contributed by atoms with Crippen molar-refractivity contribution in [3.05, 3.63) is 51.5 Å². The van der Waals surface area contributed by atoms with Gasteiger partial charge in [-0.25, -0.2) is 9.18 Å². The molecule has 0 aliphatic rings. The van der Waals surface area contributed by atoms with Crippen LogP contribution in [-0.4, -0.2) is 18.0 Å². The standard InChI is InChI=1S/C15H14FN3OS/c1-10-5-6-21-14(10)9-19(2)15(20)18-13-4-3-12(16)7-11(13)8-17/h3-7H,9H2,1-2H3,(H,18,20). The minimum atomic E-state index is -0.507. The molecule has 0 saturated heterocycles. The van der Waals surface area contributed by atoms with Crippen LogP contribution in [0.3, 0.4) is 0 Å². The first-order valence-corrected chi connectivity index (χ1v) is 7.14. The van der Waals surface area contributed by atoms with Crippen molar-refractivity contribution in [2.45, 2.75) is 13.5 Å². The van der Waals surface area contributed by atoms with Crippen LogP contribution in [0.15, 0.2) is 29.6 Å². The van der Waals surface area contributed by atoms with Gasteiger partial charge in [-0.1, -0.05) is 0 Å². The number of carbonyl (C=O) groups is 1. The van der Waals surface area contributed by atoms with Crippen molar-refractivity contribution >= 4 is 23.1 Å². The summed E-state index contributed by atoms with van der Waals surface area (Å²) < 4.78 is 13.1. The van der Waals surface area contributed by atoms with Crippen LogP contribution in [0.25, 0.3) is 0 Å². The number of nitrogens with one attached hydrogen (secondary N) is 1. The molecule has 0 saturated carbocycles. The molecule has 0 fully saturated rings. The number of thiophene rings is 1. The van der Waals surface area contributed by atoms with Gasteiger partial charge in [0, 0.05) is 11.9 Å². The zero-order valence-electron chi connectivity index (χ0n) is 11.7. The Balaban J connectivity index is 2.08. The van der Waals surface area contributed by atoms with E-state index in [4.69, 9.17) is 5.26 Å². The van der Waals surface area contributed by atoms with Gasteiger partial charge in [0.2, 0.25) is 0 Å². The van der Waals surface area contributed by atoms with Gasteiger partial charge in [-0.3, -0.25) is 0 Å². The molecular weight excluding hydrogens is 289 g/mol. The summed E-state index contributed by atoms with van der Waals surface area (Å²) >= 11 is 1.59. The highest BCUT2D eigenvalue weighted by molar-refractivity contribution is 7.10. The lowest BCUT2D eigenvalue weighted by atomic mass is 10.2. The van der Waals surface area contributed by atoms with Crippen LogP contribution < -0.4 is 5.32 Å². The van der Waals surface area contributed by atoms with Crippen molar-refractivity contribution in [3.8, 4) is 6.07 Å². The number of nitrogens with zero attached hydrogens (tertiary/aromatic N) is 2. The van der Waals surface area contributed by atoms with Crippen LogP contribution in [-0.2, 0) is 6.54 Å². The lowest BCUT2D eigenvalue weighted by Gasteiger charge is -2.18. The molecule has 21 heavy (non-hydrogen) atoms. The molecule has 6 heteroatoms. The summed E-state index contributed by atoms with van der Waals surface area (Å²) in [5, 5.41) is 13.6. The summed E-state index contributed by atoms with van der Waals surface area (Å²) in [6.45, 7) is 2.48. The number of benzene rings is 1. The maximum atomic E-state index is 13.1. The minimum Gasteiger partial charge on any atom is -0.322 e. The largest absolute Gasteiger partial charge is 0.322 e. The summed E-state index contributed by atoms with van der Waals surface area (Å²) in [6, 6.07) is 7.21. The Morgan fingerprint density at radius 1 is 1.48 bits per heavy atom. The fourth-order valence-electron chi connectivity index (χ4n) is 1.78. The maximum Gasteiger partial charge on any atom is 0.321 e. The topological polar surface area (TPSA) is 56.1 Å². The first kappa shape index (κ1) is 15.0. The molecule has 0 bridgehead atoms. The van der Waals surface area contributed by atoms with E-state index in [1.807, 2.05) is 24.4 Å². The number of amides is 2. The van der Waals surface area contributed by atoms with Crippen LogP contribution in [0.4, 0.5) is 14.9 Å². The second-order valence-corrected chi connectivity index (χ2v) is 5.62. The van der Waals surface area contributed by atoms with Crippen LogP contribution >= 0.6 is 11.3 Å². The van der Waals surface area contributed by atoms with Gasteiger partial charge in [-0.15, -0.1) is 11.3 Å². The average Bonchev–Trinajstić information content (AvgIpc) is 2.86. The monoisotopic (exact) mass is 303 g/mol. The fraction of sp³-hybridized carbons (Fsp3) is 0.200. The van der Waals surface area contributed by atoms with Gasteiger partial charge >= 0.3 is 6.03 Å². The molecule has 2 amide bonds. The van der Waals surface area contributed by atoms with E-state index >= 15 is 0 Å². The number of rotatable bonds is 3.